The Balaban J connectivity index is 2.57. The number of benzene rings is 1. The summed E-state index contributed by atoms with van der Waals surface area (Å²) in [5.41, 5.74) is 0.275. The molecule has 1 aromatic carbocycles. The third-order valence-electron chi connectivity index (χ3n) is 2.35. The third kappa shape index (κ3) is 1.51. The molecule has 0 aromatic heterocycles. The molecule has 0 amide bonds. The first-order chi connectivity index (χ1) is 6.70. The molecule has 1 unspecified atom stereocenters. The fraction of sp³-hybridized carbons (Fsp3) is 0.400. The second-order valence-electron chi connectivity index (χ2n) is 3.26. The molecule has 0 radical (unpaired) electrons. The number of aliphatic hydroxyl groups is 1. The topological polar surface area (TPSA) is 29.5 Å². The number of fused-ring (bicyclic) bond motifs is 1. The summed E-state index contributed by atoms with van der Waals surface area (Å²) in [6, 6.07) is 2.11. The van der Waals surface area contributed by atoms with Gasteiger partial charge in [0.2, 0.25) is 0 Å². The predicted molar refractivity (Wildman–Crippen MR) is 45.8 cm³/mol. The predicted octanol–water partition coefficient (Wildman–Crippen LogP) is 1.57. The lowest BCUT2D eigenvalue weighted by molar-refractivity contribution is 0.0436. The molecule has 1 N–H and O–H groups in total. The Bertz CT molecular complexity index is 352. The lowest BCUT2D eigenvalue weighted by Crippen LogP contribution is -2.08. The zero-order chi connectivity index (χ0) is 10.1. The number of ether oxygens (including phenoxy) is 1. The van der Waals surface area contributed by atoms with Crippen LogP contribution in [0.1, 0.15) is 17.2 Å². The molecular weight excluding hydrogens is 190 g/mol. The van der Waals surface area contributed by atoms with Crippen LogP contribution in [0.25, 0.3) is 0 Å². The maximum Gasteiger partial charge on any atom is 0.129 e. The molecule has 1 aromatic rings. The molecule has 4 heteroatoms. The lowest BCUT2D eigenvalue weighted by Gasteiger charge is -2.12. The molecule has 1 heterocycles. The molecule has 0 spiro atoms. The van der Waals surface area contributed by atoms with Crippen LogP contribution in [-0.2, 0) is 11.2 Å². The van der Waals surface area contributed by atoms with E-state index in [1.807, 2.05) is 0 Å². The monoisotopic (exact) mass is 200 g/mol. The van der Waals surface area contributed by atoms with Gasteiger partial charge < -0.3 is 9.84 Å². The van der Waals surface area contributed by atoms with Crippen LogP contribution in [0.3, 0.4) is 0 Å². The molecular formula is C10H10F2O2. The summed E-state index contributed by atoms with van der Waals surface area (Å²) in [6.45, 7) is 0.331. The van der Waals surface area contributed by atoms with E-state index in [1.165, 1.54) is 0 Å². The SMILES string of the molecule is OC1COCCc2c(F)ccc(F)c21. The van der Waals surface area contributed by atoms with Gasteiger partial charge in [-0.15, -0.1) is 0 Å². The van der Waals surface area contributed by atoms with Crippen molar-refractivity contribution in [2.75, 3.05) is 13.2 Å². The molecule has 0 fully saturated rings. The van der Waals surface area contributed by atoms with Crippen LogP contribution in [0.2, 0.25) is 0 Å². The first kappa shape index (κ1) is 9.55. The molecule has 0 saturated heterocycles. The smallest absolute Gasteiger partial charge is 0.129 e. The van der Waals surface area contributed by atoms with Crippen LogP contribution >= 0.6 is 0 Å². The molecule has 1 atom stereocenters. The summed E-state index contributed by atoms with van der Waals surface area (Å²) < 4.78 is 31.6. The van der Waals surface area contributed by atoms with E-state index >= 15 is 0 Å². The number of hydrogen-bond donors (Lipinski definition) is 1. The van der Waals surface area contributed by atoms with Gasteiger partial charge in [0, 0.05) is 5.56 Å². The van der Waals surface area contributed by atoms with Crippen molar-refractivity contribution in [3.63, 3.8) is 0 Å². The minimum atomic E-state index is -1.07. The fourth-order valence-electron chi connectivity index (χ4n) is 1.68. The number of hydrogen-bond acceptors (Lipinski definition) is 2. The molecule has 1 aliphatic heterocycles. The van der Waals surface area contributed by atoms with Gasteiger partial charge in [-0.25, -0.2) is 8.78 Å². The van der Waals surface area contributed by atoms with Crippen LogP contribution in [-0.4, -0.2) is 18.3 Å². The van der Waals surface area contributed by atoms with Crippen LogP contribution in [0.15, 0.2) is 12.1 Å². The van der Waals surface area contributed by atoms with Gasteiger partial charge in [0.15, 0.2) is 0 Å². The number of aliphatic hydroxyl groups excluding tert-OH is 1. The normalized spacial score (nSPS) is 21.5. The van der Waals surface area contributed by atoms with E-state index in [9.17, 15) is 13.9 Å². The third-order valence-corrected chi connectivity index (χ3v) is 2.35. The van der Waals surface area contributed by atoms with E-state index in [2.05, 4.69) is 0 Å². The van der Waals surface area contributed by atoms with Crippen molar-refractivity contribution < 1.29 is 18.6 Å². The Labute approximate surface area is 80.1 Å². The Hall–Kier alpha value is -1.00. The fourth-order valence-corrected chi connectivity index (χ4v) is 1.68. The van der Waals surface area contributed by atoms with E-state index in [-0.39, 0.29) is 17.7 Å². The first-order valence-electron chi connectivity index (χ1n) is 4.42. The van der Waals surface area contributed by atoms with E-state index in [4.69, 9.17) is 4.74 Å². The minimum Gasteiger partial charge on any atom is -0.386 e. The minimum absolute atomic E-state index is 0.0212. The van der Waals surface area contributed by atoms with Crippen LogP contribution in [0.5, 0.6) is 0 Å². The van der Waals surface area contributed by atoms with Gasteiger partial charge >= 0.3 is 0 Å². The van der Waals surface area contributed by atoms with Gasteiger partial charge in [-0.05, 0) is 24.1 Å². The van der Waals surface area contributed by atoms with Crippen molar-refractivity contribution in [3.05, 3.63) is 34.9 Å². The van der Waals surface area contributed by atoms with Crippen molar-refractivity contribution >= 4 is 0 Å². The van der Waals surface area contributed by atoms with Crippen molar-refractivity contribution in [2.45, 2.75) is 12.5 Å². The summed E-state index contributed by atoms with van der Waals surface area (Å²) >= 11 is 0. The molecule has 2 rings (SSSR count). The maximum absolute atomic E-state index is 13.3. The van der Waals surface area contributed by atoms with Crippen LogP contribution < -0.4 is 0 Å². The average Bonchev–Trinajstić information content (AvgIpc) is 2.35. The Morgan fingerprint density at radius 1 is 1.29 bits per heavy atom. The van der Waals surface area contributed by atoms with Crippen molar-refractivity contribution in [2.24, 2.45) is 0 Å². The molecule has 2 nitrogen and oxygen atoms in total. The Morgan fingerprint density at radius 2 is 2.00 bits per heavy atom. The van der Waals surface area contributed by atoms with Gasteiger partial charge in [0.1, 0.15) is 17.7 Å². The van der Waals surface area contributed by atoms with Crippen molar-refractivity contribution in [3.8, 4) is 0 Å². The van der Waals surface area contributed by atoms with Gasteiger partial charge in [-0.2, -0.15) is 0 Å². The summed E-state index contributed by atoms with van der Waals surface area (Å²) in [5.74, 6) is -1.05. The zero-order valence-electron chi connectivity index (χ0n) is 7.46. The molecule has 0 bridgehead atoms. The highest BCUT2D eigenvalue weighted by atomic mass is 19.1. The number of halogens is 2. The van der Waals surface area contributed by atoms with Crippen LogP contribution in [0.4, 0.5) is 8.78 Å². The number of rotatable bonds is 0. The first-order valence-corrected chi connectivity index (χ1v) is 4.42. The second kappa shape index (κ2) is 3.63. The standard InChI is InChI=1S/C10H10F2O2/c11-7-1-2-8(12)10-6(7)3-4-14-5-9(10)13/h1-2,9,13H,3-5H2. The summed E-state index contributed by atoms with van der Waals surface area (Å²) in [7, 11) is 0. The maximum atomic E-state index is 13.3. The molecule has 0 saturated carbocycles. The summed E-state index contributed by atoms with van der Waals surface area (Å²) in [6.07, 6.45) is -0.765. The van der Waals surface area contributed by atoms with E-state index in [1.54, 1.807) is 0 Å². The average molecular weight is 200 g/mol. The largest absolute Gasteiger partial charge is 0.386 e. The van der Waals surface area contributed by atoms with E-state index in [0.29, 0.717) is 13.0 Å². The highest BCUT2D eigenvalue weighted by Crippen LogP contribution is 2.27. The van der Waals surface area contributed by atoms with Gasteiger partial charge in [0.05, 0.1) is 13.2 Å². The molecule has 0 aliphatic carbocycles. The van der Waals surface area contributed by atoms with E-state index < -0.39 is 17.7 Å². The molecule has 1 aliphatic rings. The summed E-state index contributed by atoms with van der Waals surface area (Å²) in [5, 5.41) is 9.51. The molecule has 14 heavy (non-hydrogen) atoms. The lowest BCUT2D eigenvalue weighted by atomic mass is 10.00. The highest BCUT2D eigenvalue weighted by molar-refractivity contribution is 5.33. The van der Waals surface area contributed by atoms with Crippen LogP contribution in [0, 0.1) is 11.6 Å². The zero-order valence-corrected chi connectivity index (χ0v) is 7.46. The van der Waals surface area contributed by atoms with Crippen molar-refractivity contribution in [1.29, 1.82) is 0 Å². The van der Waals surface area contributed by atoms with Crippen molar-refractivity contribution in [1.82, 2.24) is 0 Å². The van der Waals surface area contributed by atoms with Gasteiger partial charge in [-0.3, -0.25) is 0 Å². The molecule has 76 valence electrons. The summed E-state index contributed by atoms with van der Waals surface area (Å²) in [4.78, 5) is 0. The Morgan fingerprint density at radius 3 is 2.79 bits per heavy atom. The highest BCUT2D eigenvalue weighted by Gasteiger charge is 2.23. The Kier molecular flexibility index (Phi) is 2.48. The van der Waals surface area contributed by atoms with Gasteiger partial charge in [-0.1, -0.05) is 0 Å². The second-order valence-corrected chi connectivity index (χ2v) is 3.26. The van der Waals surface area contributed by atoms with Gasteiger partial charge in [0.25, 0.3) is 0 Å². The van der Waals surface area contributed by atoms with E-state index in [0.717, 1.165) is 12.1 Å². The quantitative estimate of drug-likeness (QED) is 0.688.